The number of hydrogen-bond acceptors (Lipinski definition) is 1. The highest BCUT2D eigenvalue weighted by Gasteiger charge is 1.97. The van der Waals surface area contributed by atoms with Gasteiger partial charge in [0, 0.05) is 11.0 Å². The van der Waals surface area contributed by atoms with Gasteiger partial charge in [0.25, 0.3) is 0 Å². The van der Waals surface area contributed by atoms with Crippen LogP contribution in [0.2, 0.25) is 0 Å². The van der Waals surface area contributed by atoms with Crippen LogP contribution in [0.15, 0.2) is 24.3 Å². The maximum Gasteiger partial charge on any atom is 0.409 e. The summed E-state index contributed by atoms with van der Waals surface area (Å²) in [6.45, 7) is 0. The molecule has 0 unspecified atom stereocenters. The van der Waals surface area contributed by atoms with Crippen LogP contribution in [0.1, 0.15) is 5.56 Å². The highest BCUT2D eigenvalue weighted by atomic mass is 79.9. The third kappa shape index (κ3) is 2.54. The summed E-state index contributed by atoms with van der Waals surface area (Å²) in [4.78, 5) is 10.2. The molecule has 0 saturated heterocycles. The van der Waals surface area contributed by atoms with Crippen LogP contribution in [0, 0.1) is 0 Å². The van der Waals surface area contributed by atoms with Crippen LogP contribution >= 0.6 is 15.9 Å². The van der Waals surface area contributed by atoms with Gasteiger partial charge in [-0.25, -0.2) is 4.79 Å². The van der Waals surface area contributed by atoms with Gasteiger partial charge in [0.2, 0.25) is 0 Å². The number of alkyl halides is 1. The predicted molar refractivity (Wildman–Crippen MR) is 50.7 cm³/mol. The number of rotatable bonds is 2. The largest absolute Gasteiger partial charge is 0.465 e. The Morgan fingerprint density at radius 3 is 2.92 bits per heavy atom. The van der Waals surface area contributed by atoms with Crippen LogP contribution in [-0.2, 0) is 5.33 Å². The average Bonchev–Trinajstić information content (AvgIpc) is 2.03. The second-order valence-corrected chi connectivity index (χ2v) is 2.82. The first-order valence-corrected chi connectivity index (χ1v) is 4.49. The van der Waals surface area contributed by atoms with Gasteiger partial charge in [-0.2, -0.15) is 0 Å². The number of benzene rings is 1. The van der Waals surface area contributed by atoms with E-state index in [4.69, 9.17) is 5.11 Å². The fourth-order valence-electron chi connectivity index (χ4n) is 0.856. The summed E-state index contributed by atoms with van der Waals surface area (Å²) >= 11 is 3.28. The molecule has 1 aromatic rings. The summed E-state index contributed by atoms with van der Waals surface area (Å²) in [5.41, 5.74) is 1.64. The molecule has 0 radical (unpaired) electrons. The number of carboxylic acid groups (broad SMARTS) is 1. The molecule has 64 valence electrons. The smallest absolute Gasteiger partial charge is 0.409 e. The normalized spacial score (nSPS) is 9.42. The van der Waals surface area contributed by atoms with Crippen molar-refractivity contribution < 1.29 is 9.90 Å². The van der Waals surface area contributed by atoms with Gasteiger partial charge < -0.3 is 5.11 Å². The van der Waals surface area contributed by atoms with Gasteiger partial charge in [-0.1, -0.05) is 28.1 Å². The Hall–Kier alpha value is -1.03. The van der Waals surface area contributed by atoms with Crippen LogP contribution in [0.25, 0.3) is 0 Å². The van der Waals surface area contributed by atoms with Crippen LogP contribution in [-0.4, -0.2) is 11.2 Å². The standard InChI is InChI=1S/C8H8BrNO2/c9-5-6-2-1-3-7(4-6)10-8(11)12/h1-4,10H,5H2,(H,11,12). The second-order valence-electron chi connectivity index (χ2n) is 2.26. The van der Waals surface area contributed by atoms with E-state index in [2.05, 4.69) is 21.2 Å². The highest BCUT2D eigenvalue weighted by molar-refractivity contribution is 9.08. The van der Waals surface area contributed by atoms with E-state index in [1.54, 1.807) is 12.1 Å². The van der Waals surface area contributed by atoms with Gasteiger partial charge in [-0.05, 0) is 17.7 Å². The summed E-state index contributed by atoms with van der Waals surface area (Å²) in [5.74, 6) is 0. The monoisotopic (exact) mass is 229 g/mol. The average molecular weight is 230 g/mol. The molecule has 4 heteroatoms. The maximum atomic E-state index is 10.2. The minimum atomic E-state index is -1.04. The van der Waals surface area contributed by atoms with Gasteiger partial charge in [0.1, 0.15) is 0 Å². The SMILES string of the molecule is O=C(O)Nc1cccc(CBr)c1. The molecule has 1 amide bonds. The molecule has 0 aromatic heterocycles. The number of hydrogen-bond donors (Lipinski definition) is 2. The summed E-state index contributed by atoms with van der Waals surface area (Å²) in [7, 11) is 0. The lowest BCUT2D eigenvalue weighted by Gasteiger charge is -2.01. The van der Waals surface area contributed by atoms with Gasteiger partial charge in [-0.15, -0.1) is 0 Å². The number of carbonyl (C=O) groups is 1. The molecule has 0 aliphatic carbocycles. The van der Waals surface area contributed by atoms with Crippen molar-refractivity contribution in [3.63, 3.8) is 0 Å². The van der Waals surface area contributed by atoms with Crippen molar-refractivity contribution in [3.05, 3.63) is 29.8 Å². The molecule has 0 fully saturated rings. The number of nitrogens with one attached hydrogen (secondary N) is 1. The molecule has 0 spiro atoms. The Morgan fingerprint density at radius 1 is 1.58 bits per heavy atom. The van der Waals surface area contributed by atoms with Crippen molar-refractivity contribution in [2.45, 2.75) is 5.33 Å². The van der Waals surface area contributed by atoms with Crippen molar-refractivity contribution in [2.24, 2.45) is 0 Å². The fourth-order valence-corrected chi connectivity index (χ4v) is 1.20. The molecule has 0 aliphatic rings. The van der Waals surface area contributed by atoms with Crippen molar-refractivity contribution in [3.8, 4) is 0 Å². The summed E-state index contributed by atoms with van der Waals surface area (Å²) < 4.78 is 0. The van der Waals surface area contributed by atoms with Gasteiger partial charge in [0.05, 0.1) is 0 Å². The number of anilines is 1. The van der Waals surface area contributed by atoms with Crippen molar-refractivity contribution in [1.29, 1.82) is 0 Å². The third-order valence-corrected chi connectivity index (χ3v) is 1.98. The maximum absolute atomic E-state index is 10.2. The first kappa shape index (κ1) is 9.06. The van der Waals surface area contributed by atoms with Crippen molar-refractivity contribution in [1.82, 2.24) is 0 Å². The van der Waals surface area contributed by atoms with E-state index in [1.165, 1.54) is 0 Å². The quantitative estimate of drug-likeness (QED) is 0.767. The summed E-state index contributed by atoms with van der Waals surface area (Å²) in [6.07, 6.45) is -1.04. The van der Waals surface area contributed by atoms with Crippen LogP contribution in [0.4, 0.5) is 10.5 Å². The molecule has 0 heterocycles. The van der Waals surface area contributed by atoms with E-state index in [0.717, 1.165) is 10.9 Å². The Balaban J connectivity index is 2.79. The highest BCUT2D eigenvalue weighted by Crippen LogP contribution is 2.12. The minimum absolute atomic E-state index is 0.597. The zero-order chi connectivity index (χ0) is 8.97. The van der Waals surface area contributed by atoms with Crippen LogP contribution < -0.4 is 5.32 Å². The second kappa shape index (κ2) is 4.11. The Labute approximate surface area is 78.5 Å². The fraction of sp³-hybridized carbons (Fsp3) is 0.125. The summed E-state index contributed by atoms with van der Waals surface area (Å²) in [5, 5.41) is 11.4. The lowest BCUT2D eigenvalue weighted by Crippen LogP contribution is -2.06. The first-order chi connectivity index (χ1) is 5.72. The molecule has 1 aromatic carbocycles. The lowest BCUT2D eigenvalue weighted by atomic mass is 10.2. The van der Waals surface area contributed by atoms with Crippen molar-refractivity contribution in [2.75, 3.05) is 5.32 Å². The molecular formula is C8H8BrNO2. The van der Waals surface area contributed by atoms with Crippen LogP contribution in [0.5, 0.6) is 0 Å². The Kier molecular flexibility index (Phi) is 3.10. The van der Waals surface area contributed by atoms with E-state index >= 15 is 0 Å². The minimum Gasteiger partial charge on any atom is -0.465 e. The molecule has 0 bridgehead atoms. The van der Waals surface area contributed by atoms with Gasteiger partial charge >= 0.3 is 6.09 Å². The van der Waals surface area contributed by atoms with Gasteiger partial charge in [0.15, 0.2) is 0 Å². The lowest BCUT2D eigenvalue weighted by molar-refractivity contribution is 0.210. The Bertz CT molecular complexity index is 288. The molecule has 3 nitrogen and oxygen atoms in total. The zero-order valence-corrected chi connectivity index (χ0v) is 7.84. The van der Waals surface area contributed by atoms with E-state index in [0.29, 0.717) is 5.69 Å². The molecule has 0 aliphatic heterocycles. The van der Waals surface area contributed by atoms with E-state index in [9.17, 15) is 4.79 Å². The summed E-state index contributed by atoms with van der Waals surface area (Å²) in [6, 6.07) is 7.22. The van der Waals surface area contributed by atoms with Crippen LogP contribution in [0.3, 0.4) is 0 Å². The number of amides is 1. The van der Waals surface area contributed by atoms with E-state index < -0.39 is 6.09 Å². The molecule has 1 rings (SSSR count). The molecule has 12 heavy (non-hydrogen) atoms. The van der Waals surface area contributed by atoms with E-state index in [-0.39, 0.29) is 0 Å². The van der Waals surface area contributed by atoms with Crippen molar-refractivity contribution >= 4 is 27.7 Å². The third-order valence-electron chi connectivity index (χ3n) is 1.33. The number of halogens is 1. The molecule has 2 N–H and O–H groups in total. The van der Waals surface area contributed by atoms with E-state index in [1.807, 2.05) is 12.1 Å². The molecule has 0 saturated carbocycles. The topological polar surface area (TPSA) is 49.3 Å². The molecular weight excluding hydrogens is 222 g/mol. The Morgan fingerprint density at radius 2 is 2.33 bits per heavy atom. The first-order valence-electron chi connectivity index (χ1n) is 3.37. The predicted octanol–water partition coefficient (Wildman–Crippen LogP) is 2.67. The zero-order valence-electron chi connectivity index (χ0n) is 6.25. The molecule has 0 atom stereocenters. The van der Waals surface area contributed by atoms with Gasteiger partial charge in [-0.3, -0.25) is 5.32 Å².